The predicted octanol–water partition coefficient (Wildman–Crippen LogP) is -0.669. The molecule has 0 heterocycles. The van der Waals surface area contributed by atoms with Gasteiger partial charge in [-0.25, -0.2) is 9.79 Å². The summed E-state index contributed by atoms with van der Waals surface area (Å²) in [5.41, 5.74) is 0. The van der Waals surface area contributed by atoms with Crippen LogP contribution in [0.15, 0.2) is 4.99 Å². The van der Waals surface area contributed by atoms with E-state index in [1.807, 2.05) is 0 Å². The lowest BCUT2D eigenvalue weighted by molar-refractivity contribution is 0.0978. The number of nitrogens with zero attached hydrogens (tertiary/aromatic N) is 1. The molecular weight excluding hydrogens is 122 g/mol. The third-order valence-electron chi connectivity index (χ3n) is 0.648. The maximum atomic E-state index is 9.44. The number of carbonyl (C=O) groups excluding carboxylic acids is 1. The van der Waals surface area contributed by atoms with Gasteiger partial charge in [-0.2, -0.15) is 0 Å². The van der Waals surface area contributed by atoms with Gasteiger partial charge in [-0.05, 0) is 0 Å². The maximum Gasteiger partial charge on any atom is 0.235 e. The van der Waals surface area contributed by atoms with Gasteiger partial charge < -0.3 is 9.84 Å². The molecule has 0 aliphatic heterocycles. The molecule has 0 aromatic rings. The van der Waals surface area contributed by atoms with E-state index in [1.54, 1.807) is 0 Å². The Bertz CT molecular complexity index is 98.4. The SMILES string of the molecule is O=C=NCCOCCO. The summed E-state index contributed by atoms with van der Waals surface area (Å²) in [4.78, 5) is 12.7. The first-order valence-electron chi connectivity index (χ1n) is 2.64. The first-order valence-corrected chi connectivity index (χ1v) is 2.64. The van der Waals surface area contributed by atoms with Gasteiger partial charge in [-0.3, -0.25) is 0 Å². The first-order chi connectivity index (χ1) is 4.41. The van der Waals surface area contributed by atoms with E-state index in [0.29, 0.717) is 19.8 Å². The van der Waals surface area contributed by atoms with Crippen molar-refractivity contribution in [3.8, 4) is 0 Å². The van der Waals surface area contributed by atoms with Crippen LogP contribution in [0, 0.1) is 0 Å². The second-order valence-electron chi connectivity index (χ2n) is 1.31. The number of hydrogen-bond acceptors (Lipinski definition) is 4. The number of hydrogen-bond donors (Lipinski definition) is 1. The van der Waals surface area contributed by atoms with E-state index in [9.17, 15) is 4.79 Å². The highest BCUT2D eigenvalue weighted by molar-refractivity contribution is 5.32. The summed E-state index contributed by atoms with van der Waals surface area (Å²) in [6.07, 6.45) is 1.38. The van der Waals surface area contributed by atoms with Gasteiger partial charge in [0.1, 0.15) is 0 Å². The summed E-state index contributed by atoms with van der Waals surface area (Å²) in [7, 11) is 0. The average molecular weight is 131 g/mol. The fraction of sp³-hybridized carbons (Fsp3) is 0.800. The number of aliphatic imine (C=N–C) groups is 1. The van der Waals surface area contributed by atoms with Gasteiger partial charge in [0, 0.05) is 0 Å². The van der Waals surface area contributed by atoms with Crippen LogP contribution >= 0.6 is 0 Å². The molecule has 0 amide bonds. The van der Waals surface area contributed by atoms with Crippen LogP contribution in [0.3, 0.4) is 0 Å². The zero-order valence-corrected chi connectivity index (χ0v) is 5.04. The minimum atomic E-state index is 0.00477. The van der Waals surface area contributed by atoms with Crippen LogP contribution in [-0.2, 0) is 9.53 Å². The molecule has 9 heavy (non-hydrogen) atoms. The van der Waals surface area contributed by atoms with E-state index in [-0.39, 0.29) is 6.61 Å². The van der Waals surface area contributed by atoms with Crippen molar-refractivity contribution in [2.24, 2.45) is 4.99 Å². The Labute approximate surface area is 53.2 Å². The summed E-state index contributed by atoms with van der Waals surface area (Å²) in [5.74, 6) is 0. The van der Waals surface area contributed by atoms with Crippen LogP contribution in [0.4, 0.5) is 0 Å². The zero-order chi connectivity index (χ0) is 6.95. The first kappa shape index (κ1) is 8.30. The van der Waals surface area contributed by atoms with Gasteiger partial charge in [0.25, 0.3) is 0 Å². The van der Waals surface area contributed by atoms with Crippen molar-refractivity contribution < 1.29 is 14.6 Å². The summed E-state index contributed by atoms with van der Waals surface area (Å²) < 4.78 is 4.76. The lowest BCUT2D eigenvalue weighted by Crippen LogP contribution is -2.02. The number of isocyanates is 1. The molecule has 0 aromatic heterocycles. The van der Waals surface area contributed by atoms with Crippen molar-refractivity contribution in [3.05, 3.63) is 0 Å². The van der Waals surface area contributed by atoms with Crippen LogP contribution in [0.2, 0.25) is 0 Å². The molecule has 0 aromatic carbocycles. The van der Waals surface area contributed by atoms with E-state index in [0.717, 1.165) is 0 Å². The van der Waals surface area contributed by atoms with Gasteiger partial charge in [0.05, 0.1) is 26.4 Å². The van der Waals surface area contributed by atoms with Gasteiger partial charge >= 0.3 is 0 Å². The Morgan fingerprint density at radius 2 is 2.33 bits per heavy atom. The minimum Gasteiger partial charge on any atom is -0.394 e. The van der Waals surface area contributed by atoms with Gasteiger partial charge in [0.15, 0.2) is 0 Å². The average Bonchev–Trinajstić information content (AvgIpc) is 1.89. The molecule has 0 aliphatic rings. The number of rotatable bonds is 5. The van der Waals surface area contributed by atoms with E-state index >= 15 is 0 Å². The molecule has 0 fully saturated rings. The second kappa shape index (κ2) is 7.30. The third-order valence-corrected chi connectivity index (χ3v) is 0.648. The van der Waals surface area contributed by atoms with Crippen LogP contribution in [0.5, 0.6) is 0 Å². The van der Waals surface area contributed by atoms with Crippen molar-refractivity contribution in [2.45, 2.75) is 0 Å². The van der Waals surface area contributed by atoms with E-state index in [1.165, 1.54) is 6.08 Å². The molecule has 4 nitrogen and oxygen atoms in total. The van der Waals surface area contributed by atoms with Crippen molar-refractivity contribution in [3.63, 3.8) is 0 Å². The standard InChI is InChI=1S/C5H9NO3/c7-2-4-9-3-1-6-5-8/h7H,1-4H2. The predicted molar refractivity (Wildman–Crippen MR) is 30.9 cm³/mol. The zero-order valence-electron chi connectivity index (χ0n) is 5.04. The fourth-order valence-corrected chi connectivity index (χ4v) is 0.322. The highest BCUT2D eigenvalue weighted by Gasteiger charge is 1.82. The smallest absolute Gasteiger partial charge is 0.235 e. The van der Waals surface area contributed by atoms with Crippen LogP contribution < -0.4 is 0 Å². The lowest BCUT2D eigenvalue weighted by Gasteiger charge is -1.94. The Balaban J connectivity index is 2.82. The quantitative estimate of drug-likeness (QED) is 0.306. The molecule has 0 atom stereocenters. The Morgan fingerprint density at radius 1 is 1.56 bits per heavy atom. The van der Waals surface area contributed by atoms with E-state index in [4.69, 9.17) is 9.84 Å². The normalized spacial score (nSPS) is 8.56. The number of aliphatic hydroxyl groups excluding tert-OH is 1. The summed E-state index contributed by atoms with van der Waals surface area (Å²) in [5, 5.41) is 8.19. The highest BCUT2D eigenvalue weighted by Crippen LogP contribution is 1.72. The molecule has 0 aliphatic carbocycles. The number of aliphatic hydroxyl groups is 1. The second-order valence-corrected chi connectivity index (χ2v) is 1.31. The fourth-order valence-electron chi connectivity index (χ4n) is 0.322. The van der Waals surface area contributed by atoms with Crippen LogP contribution in [0.25, 0.3) is 0 Å². The molecule has 1 N–H and O–H groups in total. The topological polar surface area (TPSA) is 58.9 Å². The highest BCUT2D eigenvalue weighted by atomic mass is 16.5. The Morgan fingerprint density at radius 3 is 2.89 bits per heavy atom. The largest absolute Gasteiger partial charge is 0.394 e. The molecule has 0 saturated heterocycles. The van der Waals surface area contributed by atoms with E-state index < -0.39 is 0 Å². The molecule has 0 unspecified atom stereocenters. The number of ether oxygens (including phenoxy) is 1. The molecule has 0 rings (SSSR count). The van der Waals surface area contributed by atoms with Gasteiger partial charge in [-0.1, -0.05) is 0 Å². The Hall–Kier alpha value is -0.700. The molecular formula is C5H9NO3. The van der Waals surface area contributed by atoms with Crippen molar-refractivity contribution >= 4 is 6.08 Å². The van der Waals surface area contributed by atoms with Crippen LogP contribution in [-0.4, -0.2) is 37.6 Å². The van der Waals surface area contributed by atoms with Crippen molar-refractivity contribution in [1.29, 1.82) is 0 Å². The van der Waals surface area contributed by atoms with Crippen molar-refractivity contribution in [2.75, 3.05) is 26.4 Å². The van der Waals surface area contributed by atoms with Crippen LogP contribution in [0.1, 0.15) is 0 Å². The van der Waals surface area contributed by atoms with E-state index in [2.05, 4.69) is 4.99 Å². The van der Waals surface area contributed by atoms with Crippen molar-refractivity contribution in [1.82, 2.24) is 0 Å². The molecule has 4 heteroatoms. The summed E-state index contributed by atoms with van der Waals surface area (Å²) >= 11 is 0. The third kappa shape index (κ3) is 7.30. The molecule has 0 spiro atoms. The Kier molecular flexibility index (Phi) is 6.73. The summed E-state index contributed by atoms with van der Waals surface area (Å²) in [6, 6.07) is 0. The van der Waals surface area contributed by atoms with Gasteiger partial charge in [0.2, 0.25) is 6.08 Å². The molecule has 0 bridgehead atoms. The summed E-state index contributed by atoms with van der Waals surface area (Å²) in [6.45, 7) is 0.998. The minimum absolute atomic E-state index is 0.00477. The monoisotopic (exact) mass is 131 g/mol. The molecule has 52 valence electrons. The van der Waals surface area contributed by atoms with Gasteiger partial charge in [-0.15, -0.1) is 0 Å². The maximum absolute atomic E-state index is 9.44. The molecule has 0 radical (unpaired) electrons. The lowest BCUT2D eigenvalue weighted by atomic mass is 10.7. The molecule has 0 saturated carbocycles.